The van der Waals surface area contributed by atoms with Crippen molar-refractivity contribution in [3.63, 3.8) is 0 Å². The Bertz CT molecular complexity index is 1320. The smallest absolute Gasteiger partial charge is 0.163 e. The molecule has 2 fully saturated rings. The Morgan fingerprint density at radius 1 is 1.06 bits per heavy atom. The van der Waals surface area contributed by atoms with Gasteiger partial charge in [0.25, 0.3) is 0 Å². The minimum atomic E-state index is 0.00969. The second kappa shape index (κ2) is 7.76. The molecule has 4 aromatic rings. The van der Waals surface area contributed by atoms with E-state index >= 15 is 0 Å². The number of nitrogens with one attached hydrogen (secondary N) is 2. The molecule has 170 valence electrons. The number of aromatic nitrogens is 5. The van der Waals surface area contributed by atoms with Crippen molar-refractivity contribution in [2.24, 2.45) is 0 Å². The van der Waals surface area contributed by atoms with Crippen LogP contribution in [0.5, 0.6) is 0 Å². The number of fused-ring (bicyclic) bond motifs is 2. The number of hydrogen-bond acceptors (Lipinski definition) is 6. The minimum absolute atomic E-state index is 0.00969. The monoisotopic (exact) mass is 441 g/mol. The van der Waals surface area contributed by atoms with Gasteiger partial charge in [-0.05, 0) is 36.5 Å². The maximum atomic E-state index is 5.24. The number of aromatic amines is 1. The summed E-state index contributed by atoms with van der Waals surface area (Å²) in [7, 11) is 0. The summed E-state index contributed by atoms with van der Waals surface area (Å²) in [4.78, 5) is 25.4. The van der Waals surface area contributed by atoms with Crippen molar-refractivity contribution >= 4 is 27.8 Å². The highest BCUT2D eigenvalue weighted by Gasteiger charge is 2.27. The molecule has 0 unspecified atom stereocenters. The zero-order valence-electron chi connectivity index (χ0n) is 19.6. The van der Waals surface area contributed by atoms with Crippen LogP contribution in [-0.4, -0.2) is 51.1 Å². The van der Waals surface area contributed by atoms with E-state index in [9.17, 15) is 0 Å². The van der Waals surface area contributed by atoms with Crippen LogP contribution in [0.25, 0.3) is 33.3 Å². The number of H-pyrrole nitrogens is 1. The summed E-state index contributed by atoms with van der Waals surface area (Å²) in [6.45, 7) is 10.5. The van der Waals surface area contributed by atoms with E-state index in [0.717, 1.165) is 65.6 Å². The zero-order valence-corrected chi connectivity index (χ0v) is 19.6. The van der Waals surface area contributed by atoms with Crippen molar-refractivity contribution in [3.05, 3.63) is 42.0 Å². The van der Waals surface area contributed by atoms with E-state index in [2.05, 4.69) is 52.0 Å². The van der Waals surface area contributed by atoms with Gasteiger partial charge in [0.15, 0.2) is 5.82 Å². The van der Waals surface area contributed by atoms with Gasteiger partial charge in [-0.1, -0.05) is 27.2 Å². The summed E-state index contributed by atoms with van der Waals surface area (Å²) < 4.78 is 0. The Kier molecular flexibility index (Phi) is 4.83. The summed E-state index contributed by atoms with van der Waals surface area (Å²) in [6, 6.07) is 4.24. The number of rotatable bonds is 3. The van der Waals surface area contributed by atoms with Crippen molar-refractivity contribution in [3.8, 4) is 11.4 Å². The molecule has 5 heterocycles. The van der Waals surface area contributed by atoms with Gasteiger partial charge in [-0.2, -0.15) is 0 Å². The molecule has 0 aromatic carbocycles. The second-order valence-corrected chi connectivity index (χ2v) is 10.4. The Morgan fingerprint density at radius 2 is 1.88 bits per heavy atom. The van der Waals surface area contributed by atoms with Crippen LogP contribution < -0.4 is 10.2 Å². The molecule has 0 atom stereocenters. The molecule has 2 aliphatic rings. The van der Waals surface area contributed by atoms with Gasteiger partial charge in [-0.3, -0.25) is 4.98 Å². The van der Waals surface area contributed by atoms with E-state index in [1.807, 2.05) is 24.7 Å². The molecule has 0 spiro atoms. The predicted molar refractivity (Wildman–Crippen MR) is 133 cm³/mol. The lowest BCUT2D eigenvalue weighted by Gasteiger charge is -2.32. The topological polar surface area (TPSA) is 82.6 Å². The highest BCUT2D eigenvalue weighted by Crippen LogP contribution is 2.42. The lowest BCUT2D eigenvalue weighted by atomic mass is 9.79. The van der Waals surface area contributed by atoms with Crippen molar-refractivity contribution in [2.45, 2.75) is 51.4 Å². The van der Waals surface area contributed by atoms with Crippen LogP contribution in [-0.2, 0) is 5.41 Å². The summed E-state index contributed by atoms with van der Waals surface area (Å²) in [5, 5.41) is 5.73. The van der Waals surface area contributed by atoms with Gasteiger partial charge in [0.2, 0.25) is 0 Å². The van der Waals surface area contributed by atoms with E-state index in [4.69, 9.17) is 9.97 Å². The van der Waals surface area contributed by atoms with E-state index < -0.39 is 0 Å². The average molecular weight is 442 g/mol. The SMILES string of the molecule is CC(C)(C)c1cc2c(-c3nc(N4CCNCC4)c4c(C5CCC5)cncc4n3)ccnc2[nH]1. The first-order valence-corrected chi connectivity index (χ1v) is 12.1. The maximum absolute atomic E-state index is 5.24. The Morgan fingerprint density at radius 3 is 2.61 bits per heavy atom. The fourth-order valence-corrected chi connectivity index (χ4v) is 4.97. The lowest BCUT2D eigenvalue weighted by Crippen LogP contribution is -2.44. The van der Waals surface area contributed by atoms with Gasteiger partial charge in [0, 0.05) is 66.0 Å². The van der Waals surface area contributed by atoms with Gasteiger partial charge in [-0.25, -0.2) is 15.0 Å². The van der Waals surface area contributed by atoms with Crippen LogP contribution in [0, 0.1) is 0 Å². The molecule has 0 radical (unpaired) electrons. The van der Waals surface area contributed by atoms with Gasteiger partial charge in [0.1, 0.15) is 11.5 Å². The number of nitrogens with zero attached hydrogens (tertiary/aromatic N) is 5. The molecule has 1 aliphatic carbocycles. The van der Waals surface area contributed by atoms with Gasteiger partial charge >= 0.3 is 0 Å². The van der Waals surface area contributed by atoms with Crippen LogP contribution in [0.2, 0.25) is 0 Å². The molecule has 1 aliphatic heterocycles. The average Bonchev–Trinajstić information content (AvgIpc) is 3.23. The first kappa shape index (κ1) is 20.5. The zero-order chi connectivity index (χ0) is 22.6. The van der Waals surface area contributed by atoms with Crippen molar-refractivity contribution in [1.82, 2.24) is 30.2 Å². The van der Waals surface area contributed by atoms with Crippen LogP contribution in [0.15, 0.2) is 30.7 Å². The summed E-state index contributed by atoms with van der Waals surface area (Å²) >= 11 is 0. The van der Waals surface area contributed by atoms with E-state index in [1.54, 1.807) is 0 Å². The second-order valence-electron chi connectivity index (χ2n) is 10.4. The fraction of sp³-hybridized carbons (Fsp3) is 0.462. The van der Waals surface area contributed by atoms with Crippen LogP contribution >= 0.6 is 0 Å². The Balaban J connectivity index is 1.58. The van der Waals surface area contributed by atoms with Gasteiger partial charge < -0.3 is 15.2 Å². The first-order valence-electron chi connectivity index (χ1n) is 12.1. The summed E-state index contributed by atoms with van der Waals surface area (Å²) in [5.41, 5.74) is 5.32. The molecule has 7 heteroatoms. The van der Waals surface area contributed by atoms with Crippen LogP contribution in [0.1, 0.15) is 57.2 Å². The molecule has 1 saturated heterocycles. The third-order valence-electron chi connectivity index (χ3n) is 7.16. The van der Waals surface area contributed by atoms with E-state index in [1.165, 1.54) is 30.2 Å². The molecule has 6 rings (SSSR count). The molecule has 4 aromatic heterocycles. The molecular weight excluding hydrogens is 410 g/mol. The Hall–Kier alpha value is -3.06. The summed E-state index contributed by atoms with van der Waals surface area (Å²) in [6.07, 6.45) is 9.56. The maximum Gasteiger partial charge on any atom is 0.163 e. The fourth-order valence-electron chi connectivity index (χ4n) is 4.97. The third kappa shape index (κ3) is 3.55. The van der Waals surface area contributed by atoms with Gasteiger partial charge in [0.05, 0.1) is 11.7 Å². The van der Waals surface area contributed by atoms with Crippen LogP contribution in [0.3, 0.4) is 0 Å². The number of pyridine rings is 2. The largest absolute Gasteiger partial charge is 0.353 e. The highest BCUT2D eigenvalue weighted by atomic mass is 15.2. The highest BCUT2D eigenvalue weighted by molar-refractivity contribution is 5.97. The molecule has 0 bridgehead atoms. The Labute approximate surface area is 194 Å². The number of piperazine rings is 1. The van der Waals surface area contributed by atoms with Crippen molar-refractivity contribution < 1.29 is 0 Å². The molecule has 1 saturated carbocycles. The molecule has 7 nitrogen and oxygen atoms in total. The van der Waals surface area contributed by atoms with Crippen LogP contribution in [0.4, 0.5) is 5.82 Å². The molecule has 2 N–H and O–H groups in total. The molecule has 33 heavy (non-hydrogen) atoms. The minimum Gasteiger partial charge on any atom is -0.353 e. The lowest BCUT2D eigenvalue weighted by molar-refractivity contribution is 0.421. The van der Waals surface area contributed by atoms with Gasteiger partial charge in [-0.15, -0.1) is 0 Å². The first-order chi connectivity index (χ1) is 16.0. The van der Waals surface area contributed by atoms with E-state index in [0.29, 0.717) is 5.92 Å². The van der Waals surface area contributed by atoms with Crippen molar-refractivity contribution in [1.29, 1.82) is 0 Å². The predicted octanol–water partition coefficient (Wildman–Crippen LogP) is 4.54. The number of hydrogen-bond donors (Lipinski definition) is 2. The summed E-state index contributed by atoms with van der Waals surface area (Å²) in [5.74, 6) is 2.37. The van der Waals surface area contributed by atoms with E-state index in [-0.39, 0.29) is 5.41 Å². The quantitative estimate of drug-likeness (QED) is 0.486. The van der Waals surface area contributed by atoms with Crippen molar-refractivity contribution in [2.75, 3.05) is 31.1 Å². The molecular formula is C26H31N7. The molecule has 0 amide bonds. The number of anilines is 1. The third-order valence-corrected chi connectivity index (χ3v) is 7.16. The normalized spacial score (nSPS) is 17.6. The standard InChI is InChI=1S/C26H31N7/c1-26(2,3)21-13-18-17(7-8-29-23(18)31-21)24-30-20-15-28-14-19(16-5-4-6-16)22(20)25(32-24)33-11-9-27-10-12-33/h7-8,13-16,27H,4-6,9-12H2,1-3H3,(H,29,31).